The molecule has 0 spiro atoms. The van der Waals surface area contributed by atoms with Crippen molar-refractivity contribution in [1.82, 2.24) is 4.90 Å². The largest absolute Gasteiger partial charge is 0.391 e. The molecule has 1 aromatic carbocycles. The monoisotopic (exact) mass is 401 g/mol. The van der Waals surface area contributed by atoms with Crippen LogP contribution in [0.3, 0.4) is 0 Å². The topological polar surface area (TPSA) is 49.8 Å². The van der Waals surface area contributed by atoms with Crippen LogP contribution in [-0.4, -0.2) is 41.8 Å². The summed E-state index contributed by atoms with van der Waals surface area (Å²) in [4.78, 5) is 12.9. The molecule has 0 aromatic heterocycles. The maximum atomic E-state index is 13.0. The zero-order valence-corrected chi connectivity index (χ0v) is 17.2. The Hall–Kier alpha value is -2.50. The fourth-order valence-electron chi connectivity index (χ4n) is 3.34. The molecule has 0 radical (unpaired) electrons. The number of halogens is 1. The minimum absolute atomic E-state index is 0.203. The van der Waals surface area contributed by atoms with Gasteiger partial charge in [-0.3, -0.25) is 4.79 Å². The van der Waals surface area contributed by atoms with Gasteiger partial charge in [-0.1, -0.05) is 37.4 Å². The fraction of sp³-hybridized carbons (Fsp3) is 0.375. The number of carbonyl (C=O) groups is 1. The lowest BCUT2D eigenvalue weighted by molar-refractivity contribution is -0.119. The highest BCUT2D eigenvalue weighted by Crippen LogP contribution is 2.35. The summed E-state index contributed by atoms with van der Waals surface area (Å²) in [5, 5.41) is 8.90. The van der Waals surface area contributed by atoms with Crippen LogP contribution in [0.1, 0.15) is 37.8 Å². The Morgan fingerprint density at radius 2 is 1.83 bits per heavy atom. The molecule has 1 N–H and O–H groups in total. The van der Waals surface area contributed by atoms with Crippen LogP contribution in [-0.2, 0) is 9.53 Å². The molecule has 158 valence electrons. The van der Waals surface area contributed by atoms with Crippen LogP contribution < -0.4 is 0 Å². The molecule has 0 unspecified atom stereocenters. The van der Waals surface area contributed by atoms with Crippen molar-refractivity contribution in [3.8, 4) is 0 Å². The van der Waals surface area contributed by atoms with E-state index >= 15 is 0 Å². The molecule has 0 saturated carbocycles. The van der Waals surface area contributed by atoms with Crippen molar-refractivity contribution in [3.63, 3.8) is 0 Å². The predicted molar refractivity (Wildman–Crippen MR) is 116 cm³/mol. The van der Waals surface area contributed by atoms with Crippen LogP contribution >= 0.6 is 0 Å². The zero-order chi connectivity index (χ0) is 21.8. The Bertz CT molecular complexity index is 681. The van der Waals surface area contributed by atoms with E-state index in [4.69, 9.17) is 9.84 Å². The summed E-state index contributed by atoms with van der Waals surface area (Å²) in [5.41, 5.74) is 2.92. The van der Waals surface area contributed by atoms with Gasteiger partial charge in [0.25, 0.3) is 0 Å². The van der Waals surface area contributed by atoms with Crippen molar-refractivity contribution in [2.24, 2.45) is 0 Å². The Morgan fingerprint density at radius 3 is 2.28 bits per heavy atom. The molecule has 3 atom stereocenters. The Kier molecular flexibility index (Phi) is 10.9. The third kappa shape index (κ3) is 7.11. The van der Waals surface area contributed by atoms with Gasteiger partial charge in [-0.15, -0.1) is 13.2 Å². The van der Waals surface area contributed by atoms with Gasteiger partial charge in [-0.2, -0.15) is 0 Å². The van der Waals surface area contributed by atoms with Gasteiger partial charge in [0.2, 0.25) is 6.41 Å². The van der Waals surface area contributed by atoms with Gasteiger partial charge in [0.15, 0.2) is 0 Å². The van der Waals surface area contributed by atoms with Crippen molar-refractivity contribution in [1.29, 1.82) is 0 Å². The lowest BCUT2D eigenvalue weighted by Gasteiger charge is -2.35. The highest BCUT2D eigenvalue weighted by molar-refractivity contribution is 5.55. The number of aliphatic hydroxyl groups is 1. The molecule has 1 saturated heterocycles. The molecular weight excluding hydrogens is 369 g/mol. The molecule has 2 aliphatic heterocycles. The molecule has 2 heterocycles. The predicted octanol–water partition coefficient (Wildman–Crippen LogP) is 4.75. The number of allylic oxidation sites excluding steroid dienone is 1. The molecule has 1 amide bonds. The molecule has 29 heavy (non-hydrogen) atoms. The molecule has 2 aliphatic rings. The lowest BCUT2D eigenvalue weighted by Crippen LogP contribution is -2.33. The minimum Gasteiger partial charge on any atom is -0.391 e. The van der Waals surface area contributed by atoms with Crippen molar-refractivity contribution in [3.05, 3.63) is 85.3 Å². The first-order valence-electron chi connectivity index (χ1n) is 9.74. The third-order valence-corrected chi connectivity index (χ3v) is 4.90. The third-order valence-electron chi connectivity index (χ3n) is 4.90. The molecule has 0 bridgehead atoms. The Balaban J connectivity index is 0.000000351. The maximum absolute atomic E-state index is 13.0. The Labute approximate surface area is 173 Å². The molecule has 0 aliphatic carbocycles. The number of hydrogen-bond acceptors (Lipinski definition) is 3. The van der Waals surface area contributed by atoms with Gasteiger partial charge >= 0.3 is 0 Å². The number of aliphatic hydroxyl groups excluding tert-OH is 1. The number of rotatable bonds is 4. The number of amides is 1. The summed E-state index contributed by atoms with van der Waals surface area (Å²) in [6, 6.07) is 6.00. The molecule has 1 fully saturated rings. The van der Waals surface area contributed by atoms with Crippen LogP contribution in [0.25, 0.3) is 0 Å². The van der Waals surface area contributed by atoms with E-state index in [1.54, 1.807) is 29.2 Å². The second kappa shape index (κ2) is 12.9. The second-order valence-electron chi connectivity index (χ2n) is 6.81. The van der Waals surface area contributed by atoms with E-state index < -0.39 is 0 Å². The number of ether oxygens (including phenoxy) is 1. The van der Waals surface area contributed by atoms with E-state index in [1.807, 2.05) is 6.92 Å². The zero-order valence-electron chi connectivity index (χ0n) is 17.2. The van der Waals surface area contributed by atoms with E-state index in [9.17, 15) is 9.18 Å². The minimum atomic E-state index is -0.287. The number of hydrogen-bond donors (Lipinski definition) is 1. The summed E-state index contributed by atoms with van der Waals surface area (Å²) >= 11 is 0. The normalized spacial score (nSPS) is 23.7. The standard InChI is InChI=1S/C16H16FNO.C6H12O2.C2H4/c1-3-12-9-10-18(11-19)16(15(12)4-2)13-5-7-14(17)8-6-13;1-5-2-3-6(7)4-8-5;1-2/h3-8,11,16H,1-2,9-10H2;5-7H,2-4H2,1H3;1-2H2/t16-;5-,6+;/m00./s1. The highest BCUT2D eigenvalue weighted by Gasteiger charge is 2.27. The van der Waals surface area contributed by atoms with Crippen molar-refractivity contribution in [2.75, 3.05) is 13.2 Å². The van der Waals surface area contributed by atoms with Crippen LogP contribution in [0, 0.1) is 5.82 Å². The number of carbonyl (C=O) groups excluding carboxylic acids is 1. The quantitative estimate of drug-likeness (QED) is 0.585. The van der Waals surface area contributed by atoms with E-state index in [-0.39, 0.29) is 18.0 Å². The number of benzene rings is 1. The van der Waals surface area contributed by atoms with E-state index in [0.717, 1.165) is 42.4 Å². The molecule has 5 heteroatoms. The molecule has 3 rings (SSSR count). The fourth-order valence-corrected chi connectivity index (χ4v) is 3.34. The van der Waals surface area contributed by atoms with Gasteiger partial charge in [-0.25, -0.2) is 4.39 Å². The summed E-state index contributed by atoms with van der Waals surface area (Å²) in [7, 11) is 0. The molecule has 1 aromatic rings. The van der Waals surface area contributed by atoms with Crippen LogP contribution in [0.4, 0.5) is 4.39 Å². The highest BCUT2D eigenvalue weighted by atomic mass is 19.1. The van der Waals surface area contributed by atoms with Crippen molar-refractivity contribution >= 4 is 6.41 Å². The SMILES string of the molecule is C=C.C=CC1=C(C=C)[C@H](c2ccc(F)cc2)N(C=O)CC1.C[C@H]1CC[C@@H](O)CO1. The lowest BCUT2D eigenvalue weighted by atomic mass is 9.88. The van der Waals surface area contributed by atoms with Crippen LogP contribution in [0.2, 0.25) is 0 Å². The van der Waals surface area contributed by atoms with Gasteiger partial charge in [-0.05, 0) is 55.0 Å². The summed E-state index contributed by atoms with van der Waals surface area (Å²) < 4.78 is 18.2. The molecule has 4 nitrogen and oxygen atoms in total. The van der Waals surface area contributed by atoms with Crippen LogP contribution in [0.5, 0.6) is 0 Å². The maximum Gasteiger partial charge on any atom is 0.210 e. The van der Waals surface area contributed by atoms with E-state index in [1.165, 1.54) is 12.1 Å². The average molecular weight is 402 g/mol. The second-order valence-corrected chi connectivity index (χ2v) is 6.81. The Morgan fingerprint density at radius 1 is 1.17 bits per heavy atom. The van der Waals surface area contributed by atoms with Gasteiger partial charge in [0, 0.05) is 6.54 Å². The van der Waals surface area contributed by atoms with Gasteiger partial charge in [0.1, 0.15) is 5.82 Å². The van der Waals surface area contributed by atoms with E-state index in [0.29, 0.717) is 19.3 Å². The first kappa shape index (κ1) is 24.5. The summed E-state index contributed by atoms with van der Waals surface area (Å²) in [6.07, 6.45) is 7.21. The number of nitrogens with zero attached hydrogens (tertiary/aromatic N) is 1. The first-order chi connectivity index (χ1) is 14.0. The summed E-state index contributed by atoms with van der Waals surface area (Å²) in [6.45, 7) is 16.8. The van der Waals surface area contributed by atoms with Crippen molar-refractivity contribution in [2.45, 2.75) is 44.4 Å². The van der Waals surface area contributed by atoms with Gasteiger partial charge < -0.3 is 14.7 Å². The van der Waals surface area contributed by atoms with Crippen LogP contribution in [0.15, 0.2) is 73.9 Å². The average Bonchev–Trinajstić information content (AvgIpc) is 2.77. The first-order valence-corrected chi connectivity index (χ1v) is 9.74. The van der Waals surface area contributed by atoms with Gasteiger partial charge in [0.05, 0.1) is 24.9 Å². The smallest absolute Gasteiger partial charge is 0.210 e. The summed E-state index contributed by atoms with van der Waals surface area (Å²) in [5.74, 6) is -0.287. The molecular formula is C24H32FNO3. The van der Waals surface area contributed by atoms with E-state index in [2.05, 4.69) is 26.3 Å². The van der Waals surface area contributed by atoms with Crippen molar-refractivity contribution < 1.29 is 19.0 Å².